The summed E-state index contributed by atoms with van der Waals surface area (Å²) in [6, 6.07) is 8.03. The van der Waals surface area contributed by atoms with E-state index >= 15 is 0 Å². The van der Waals surface area contributed by atoms with Gasteiger partial charge < -0.3 is 23.7 Å². The van der Waals surface area contributed by atoms with Crippen molar-refractivity contribution >= 4 is 17.8 Å². The summed E-state index contributed by atoms with van der Waals surface area (Å²) in [4.78, 5) is 24.6. The fraction of sp³-hybridized carbons (Fsp3) is 0.238. The number of Topliss-reactive ketones (excluding diaryl/α,β-unsaturated/α-hetero) is 1. The maximum atomic E-state index is 12.7. The maximum Gasteiger partial charge on any atom is 0.338 e. The Morgan fingerprint density at radius 1 is 1.04 bits per heavy atom. The van der Waals surface area contributed by atoms with Gasteiger partial charge >= 0.3 is 5.97 Å². The molecule has 3 rings (SSSR count). The molecule has 0 unspecified atom stereocenters. The molecule has 146 valence electrons. The van der Waals surface area contributed by atoms with Crippen LogP contribution in [0.25, 0.3) is 6.08 Å². The molecule has 0 N–H and O–H groups in total. The standard InChI is InChI=1S/C21H20O7/c1-5-27-21(23)13-6-7-15-14(11-13)19(22)16(28-15)8-12-9-17(24-2)20(26-4)18(10-12)25-3/h6-11H,5H2,1-4H3/b16-8-. The van der Waals surface area contributed by atoms with Crippen molar-refractivity contribution in [3.8, 4) is 23.0 Å². The van der Waals surface area contributed by atoms with Crippen LogP contribution < -0.4 is 18.9 Å². The maximum absolute atomic E-state index is 12.7. The Labute approximate surface area is 162 Å². The summed E-state index contributed by atoms with van der Waals surface area (Å²) in [5.41, 5.74) is 1.24. The normalized spacial score (nSPS) is 13.7. The minimum absolute atomic E-state index is 0.130. The first-order valence-corrected chi connectivity index (χ1v) is 8.57. The van der Waals surface area contributed by atoms with Gasteiger partial charge in [0, 0.05) is 0 Å². The quantitative estimate of drug-likeness (QED) is 0.557. The Morgan fingerprint density at radius 3 is 2.29 bits per heavy atom. The zero-order valence-corrected chi connectivity index (χ0v) is 16.0. The van der Waals surface area contributed by atoms with E-state index in [1.54, 1.807) is 37.3 Å². The molecule has 28 heavy (non-hydrogen) atoms. The molecule has 0 bridgehead atoms. The number of allylic oxidation sites excluding steroid dienone is 1. The number of ketones is 1. The Bertz CT molecular complexity index is 934. The molecule has 7 nitrogen and oxygen atoms in total. The largest absolute Gasteiger partial charge is 0.493 e. The third kappa shape index (κ3) is 3.51. The molecule has 7 heteroatoms. The summed E-state index contributed by atoms with van der Waals surface area (Å²) in [7, 11) is 4.54. The predicted molar refractivity (Wildman–Crippen MR) is 101 cm³/mol. The van der Waals surface area contributed by atoms with Crippen molar-refractivity contribution in [3.05, 3.63) is 52.8 Å². The summed E-state index contributed by atoms with van der Waals surface area (Å²) in [6.07, 6.45) is 1.58. The highest BCUT2D eigenvalue weighted by Gasteiger charge is 2.29. The van der Waals surface area contributed by atoms with Gasteiger partial charge in [-0.05, 0) is 48.9 Å². The van der Waals surface area contributed by atoms with E-state index in [0.717, 1.165) is 0 Å². The second-order valence-corrected chi connectivity index (χ2v) is 5.83. The second-order valence-electron chi connectivity index (χ2n) is 5.83. The lowest BCUT2D eigenvalue weighted by Crippen LogP contribution is -2.05. The van der Waals surface area contributed by atoms with Crippen molar-refractivity contribution in [1.82, 2.24) is 0 Å². The summed E-state index contributed by atoms with van der Waals surface area (Å²) < 4.78 is 26.6. The number of ether oxygens (including phenoxy) is 5. The fourth-order valence-electron chi connectivity index (χ4n) is 2.87. The van der Waals surface area contributed by atoms with Crippen LogP contribution in [-0.2, 0) is 4.74 Å². The van der Waals surface area contributed by atoms with Crippen LogP contribution in [0.2, 0.25) is 0 Å². The first-order chi connectivity index (χ1) is 13.5. The summed E-state index contributed by atoms with van der Waals surface area (Å²) >= 11 is 0. The number of hydrogen-bond donors (Lipinski definition) is 0. The van der Waals surface area contributed by atoms with Gasteiger partial charge in [0.25, 0.3) is 0 Å². The lowest BCUT2D eigenvalue weighted by molar-refractivity contribution is 0.0526. The lowest BCUT2D eigenvalue weighted by Gasteiger charge is -2.13. The predicted octanol–water partition coefficient (Wildman–Crippen LogP) is 3.51. The summed E-state index contributed by atoms with van der Waals surface area (Å²) in [5, 5.41) is 0. The Hall–Kier alpha value is -3.48. The van der Waals surface area contributed by atoms with E-state index in [4.69, 9.17) is 23.7 Å². The summed E-state index contributed by atoms with van der Waals surface area (Å²) in [6.45, 7) is 1.98. The topological polar surface area (TPSA) is 80.3 Å². The number of rotatable bonds is 6. The van der Waals surface area contributed by atoms with Gasteiger partial charge in [-0.15, -0.1) is 0 Å². The van der Waals surface area contributed by atoms with Gasteiger partial charge in [-0.25, -0.2) is 4.79 Å². The fourth-order valence-corrected chi connectivity index (χ4v) is 2.87. The van der Waals surface area contributed by atoms with Gasteiger partial charge in [0.2, 0.25) is 11.5 Å². The van der Waals surface area contributed by atoms with Crippen LogP contribution in [0.4, 0.5) is 0 Å². The smallest absolute Gasteiger partial charge is 0.338 e. The molecular weight excluding hydrogens is 364 g/mol. The van der Waals surface area contributed by atoms with Crippen LogP contribution in [-0.4, -0.2) is 39.7 Å². The van der Waals surface area contributed by atoms with Gasteiger partial charge in [-0.1, -0.05) is 0 Å². The first kappa shape index (κ1) is 19.3. The van der Waals surface area contributed by atoms with Crippen LogP contribution in [0.15, 0.2) is 36.1 Å². The number of benzene rings is 2. The minimum atomic E-state index is -0.486. The van der Waals surface area contributed by atoms with Crippen molar-refractivity contribution in [2.75, 3.05) is 27.9 Å². The van der Waals surface area contributed by atoms with Crippen molar-refractivity contribution in [2.45, 2.75) is 6.92 Å². The van der Waals surface area contributed by atoms with E-state index in [1.807, 2.05) is 0 Å². The van der Waals surface area contributed by atoms with Crippen molar-refractivity contribution in [1.29, 1.82) is 0 Å². The molecule has 0 aromatic heterocycles. The molecule has 1 heterocycles. The highest BCUT2D eigenvalue weighted by molar-refractivity contribution is 6.15. The van der Waals surface area contributed by atoms with E-state index in [1.165, 1.54) is 27.4 Å². The van der Waals surface area contributed by atoms with E-state index in [2.05, 4.69) is 0 Å². The van der Waals surface area contributed by atoms with E-state index in [9.17, 15) is 9.59 Å². The Balaban J connectivity index is 1.96. The molecule has 0 atom stereocenters. The van der Waals surface area contributed by atoms with Crippen LogP contribution in [0.3, 0.4) is 0 Å². The average Bonchev–Trinajstić information content (AvgIpc) is 3.02. The molecule has 2 aromatic carbocycles. The molecule has 0 spiro atoms. The van der Waals surface area contributed by atoms with E-state index in [0.29, 0.717) is 39.7 Å². The van der Waals surface area contributed by atoms with Crippen LogP contribution in [0, 0.1) is 0 Å². The second kappa shape index (κ2) is 8.04. The van der Waals surface area contributed by atoms with Crippen molar-refractivity contribution in [3.63, 3.8) is 0 Å². The molecule has 0 aliphatic carbocycles. The summed E-state index contributed by atoms with van der Waals surface area (Å²) in [5.74, 6) is 1.08. The molecule has 0 saturated heterocycles. The number of hydrogen-bond acceptors (Lipinski definition) is 7. The Kier molecular flexibility index (Phi) is 5.54. The molecule has 2 aromatic rings. The van der Waals surface area contributed by atoms with Crippen LogP contribution in [0.5, 0.6) is 23.0 Å². The van der Waals surface area contributed by atoms with E-state index < -0.39 is 5.97 Å². The monoisotopic (exact) mass is 384 g/mol. The van der Waals surface area contributed by atoms with Gasteiger partial charge in [0.15, 0.2) is 17.3 Å². The lowest BCUT2D eigenvalue weighted by atomic mass is 10.1. The first-order valence-electron chi connectivity index (χ1n) is 8.57. The zero-order chi connectivity index (χ0) is 20.3. The molecule has 1 aliphatic heterocycles. The highest BCUT2D eigenvalue weighted by atomic mass is 16.5. The zero-order valence-electron chi connectivity index (χ0n) is 16.0. The van der Waals surface area contributed by atoms with Crippen LogP contribution in [0.1, 0.15) is 33.2 Å². The molecule has 1 aliphatic rings. The number of fused-ring (bicyclic) bond motifs is 1. The minimum Gasteiger partial charge on any atom is -0.493 e. The van der Waals surface area contributed by atoms with E-state index in [-0.39, 0.29) is 18.1 Å². The van der Waals surface area contributed by atoms with Crippen molar-refractivity contribution in [2.24, 2.45) is 0 Å². The molecular formula is C21H20O7. The number of carbonyl (C=O) groups is 2. The highest BCUT2D eigenvalue weighted by Crippen LogP contribution is 2.39. The average molecular weight is 384 g/mol. The number of esters is 1. The Morgan fingerprint density at radius 2 is 1.71 bits per heavy atom. The molecule has 0 amide bonds. The SMILES string of the molecule is CCOC(=O)c1ccc2c(c1)C(=O)/C(=C/c1cc(OC)c(OC)c(OC)c1)O2. The number of methoxy groups -OCH3 is 3. The molecule has 0 saturated carbocycles. The van der Waals surface area contributed by atoms with Crippen molar-refractivity contribution < 1.29 is 33.3 Å². The third-order valence-corrected chi connectivity index (χ3v) is 4.16. The van der Waals surface area contributed by atoms with Gasteiger partial charge in [-0.3, -0.25) is 4.79 Å². The molecule has 0 fully saturated rings. The molecule has 0 radical (unpaired) electrons. The third-order valence-electron chi connectivity index (χ3n) is 4.16. The van der Waals surface area contributed by atoms with Gasteiger partial charge in [0.05, 0.1) is 39.1 Å². The van der Waals surface area contributed by atoms with Crippen LogP contribution >= 0.6 is 0 Å². The van der Waals surface area contributed by atoms with Gasteiger partial charge in [-0.2, -0.15) is 0 Å². The number of carbonyl (C=O) groups excluding carboxylic acids is 2. The van der Waals surface area contributed by atoms with Gasteiger partial charge in [0.1, 0.15) is 5.75 Å².